The molecule has 252 valence electrons. The molecule has 1 saturated heterocycles. The Morgan fingerprint density at radius 2 is 1.89 bits per heavy atom. The fraction of sp³-hybridized carbons (Fsp3) is 0.667. The van der Waals surface area contributed by atoms with Crippen LogP contribution in [0.15, 0.2) is 53.3 Å². The highest BCUT2D eigenvalue weighted by Crippen LogP contribution is 2.87. The number of carbonyl (C=O) groups is 2. The quantitative estimate of drug-likeness (QED) is 0.166. The van der Waals surface area contributed by atoms with E-state index >= 15 is 0 Å². The Hall–Kier alpha value is -2.66. The highest BCUT2D eigenvalue weighted by molar-refractivity contribution is 6.00. The van der Waals surface area contributed by atoms with Crippen LogP contribution in [0.1, 0.15) is 138 Å². The maximum atomic E-state index is 14.9. The van der Waals surface area contributed by atoms with Gasteiger partial charge in [-0.3, -0.25) is 4.79 Å². The third kappa shape index (κ3) is 4.17. The first-order valence-corrected chi connectivity index (χ1v) is 19.3. The van der Waals surface area contributed by atoms with Crippen LogP contribution in [0.4, 0.5) is 0 Å². The summed E-state index contributed by atoms with van der Waals surface area (Å²) in [6.45, 7) is 5.20. The lowest BCUT2D eigenvalue weighted by Gasteiger charge is -2.71. The van der Waals surface area contributed by atoms with Gasteiger partial charge in [0.25, 0.3) is 0 Å². The highest BCUT2D eigenvalue weighted by Gasteiger charge is 2.92. The van der Waals surface area contributed by atoms with Crippen molar-refractivity contribution in [3.8, 4) is 0 Å². The molecule has 47 heavy (non-hydrogen) atoms. The van der Waals surface area contributed by atoms with E-state index in [-0.39, 0.29) is 17.9 Å². The molecule has 0 aromatic heterocycles. The van der Waals surface area contributed by atoms with Crippen LogP contribution in [0.3, 0.4) is 0 Å². The van der Waals surface area contributed by atoms with Gasteiger partial charge < -0.3 is 15.2 Å². The largest absolute Gasteiger partial charge is 0.449 e. The van der Waals surface area contributed by atoms with Crippen molar-refractivity contribution in [3.63, 3.8) is 0 Å². The minimum atomic E-state index is -0.888. The number of allylic oxidation sites excluding steroid dienone is 4. The molecule has 7 aliphatic rings. The summed E-state index contributed by atoms with van der Waals surface area (Å²) in [5.74, 6) is 2.92. The number of carbonyl (C=O) groups excluding carboxylic acids is 2. The summed E-state index contributed by atoms with van der Waals surface area (Å²) in [4.78, 5) is 29.1. The van der Waals surface area contributed by atoms with E-state index in [1.165, 1.54) is 49.7 Å². The molecule has 0 radical (unpaired) electrons. The molecule has 7 unspecified atom stereocenters. The van der Waals surface area contributed by atoms with Crippen molar-refractivity contribution >= 4 is 11.9 Å². The molecule has 1 spiro atoms. The van der Waals surface area contributed by atoms with Gasteiger partial charge in [0, 0.05) is 17.4 Å². The number of benzene rings is 1. The van der Waals surface area contributed by atoms with Gasteiger partial charge in [-0.1, -0.05) is 100 Å². The fourth-order valence-corrected chi connectivity index (χ4v) is 12.4. The van der Waals surface area contributed by atoms with Gasteiger partial charge in [0.2, 0.25) is 0 Å². The first-order chi connectivity index (χ1) is 23.0. The molecule has 2 aliphatic heterocycles. The molecule has 5 heteroatoms. The van der Waals surface area contributed by atoms with E-state index in [0.29, 0.717) is 24.3 Å². The van der Waals surface area contributed by atoms with Crippen molar-refractivity contribution < 1.29 is 19.1 Å². The average Bonchev–Trinajstić information content (AvgIpc) is 3.54. The standard InChI is InChI=1S/C42H55NO4/c1-3-12-35-41-33-23-22-30-27(2)13-9-19-31(30)32(33)24-25-40(41,36(46-39(41)45)21-8-7-16-28-14-5-4-6-15-28)42(35)34-20-10-17-29(18-11-26-43)37(34)38(44)47-42/h9-10,17,19-21,27-28,30-31,35H,3-8,11-16,18,22-26,43H2,1-2H3. The van der Waals surface area contributed by atoms with E-state index in [0.717, 1.165) is 99.0 Å². The van der Waals surface area contributed by atoms with Gasteiger partial charge in [-0.25, -0.2) is 4.79 Å². The molecule has 7 atom stereocenters. The van der Waals surface area contributed by atoms with Crippen LogP contribution < -0.4 is 5.73 Å². The minimum absolute atomic E-state index is 0.0672. The maximum Gasteiger partial charge on any atom is 0.339 e. The summed E-state index contributed by atoms with van der Waals surface area (Å²) in [6, 6.07) is 6.32. The molecule has 5 nitrogen and oxygen atoms in total. The second-order valence-corrected chi connectivity index (χ2v) is 16.2. The van der Waals surface area contributed by atoms with Crippen molar-refractivity contribution in [2.75, 3.05) is 6.54 Å². The number of unbranched alkanes of at least 4 members (excludes halogenated alkanes) is 1. The third-order valence-corrected chi connectivity index (χ3v) is 14.2. The number of aryl methyl sites for hydroxylation is 1. The second-order valence-electron chi connectivity index (χ2n) is 16.2. The molecule has 2 heterocycles. The number of fused-ring (bicyclic) bond motifs is 4. The molecule has 8 rings (SSSR count). The first kappa shape index (κ1) is 31.6. The minimum Gasteiger partial charge on any atom is -0.449 e. The van der Waals surface area contributed by atoms with Crippen LogP contribution in [-0.2, 0) is 26.3 Å². The Balaban J connectivity index is 1.28. The maximum absolute atomic E-state index is 14.9. The normalized spacial score (nSPS) is 38.0. The fourth-order valence-electron chi connectivity index (χ4n) is 12.4. The number of nitrogens with two attached hydrogens (primary N) is 1. The summed E-state index contributed by atoms with van der Waals surface area (Å²) in [5, 5.41) is 0. The molecule has 3 fully saturated rings. The monoisotopic (exact) mass is 637 g/mol. The van der Waals surface area contributed by atoms with Gasteiger partial charge in [0.05, 0.1) is 11.0 Å². The van der Waals surface area contributed by atoms with E-state index < -0.39 is 16.4 Å². The predicted molar refractivity (Wildman–Crippen MR) is 184 cm³/mol. The molecular weight excluding hydrogens is 582 g/mol. The van der Waals surface area contributed by atoms with E-state index in [4.69, 9.17) is 15.2 Å². The molecule has 0 amide bonds. The number of esters is 2. The van der Waals surface area contributed by atoms with Crippen LogP contribution in [-0.4, -0.2) is 18.5 Å². The van der Waals surface area contributed by atoms with E-state index in [1.807, 2.05) is 0 Å². The Kier molecular flexibility index (Phi) is 8.09. The van der Waals surface area contributed by atoms with Crippen molar-refractivity contribution in [1.29, 1.82) is 0 Å². The lowest BCUT2D eigenvalue weighted by molar-refractivity contribution is -0.277. The molecule has 5 aliphatic carbocycles. The third-order valence-electron chi connectivity index (χ3n) is 14.2. The average molecular weight is 638 g/mol. The first-order valence-electron chi connectivity index (χ1n) is 19.3. The Labute approximate surface area is 281 Å². The summed E-state index contributed by atoms with van der Waals surface area (Å²) in [6.07, 6.45) is 25.4. The Morgan fingerprint density at radius 1 is 1.04 bits per heavy atom. The molecule has 1 aromatic rings. The van der Waals surface area contributed by atoms with Crippen molar-refractivity contribution in [3.05, 3.63) is 70.0 Å². The zero-order valence-corrected chi connectivity index (χ0v) is 28.8. The van der Waals surface area contributed by atoms with Gasteiger partial charge in [-0.15, -0.1) is 0 Å². The Morgan fingerprint density at radius 3 is 2.70 bits per heavy atom. The number of rotatable bonds is 9. The summed E-state index contributed by atoms with van der Waals surface area (Å²) in [5.41, 5.74) is 9.21. The highest BCUT2D eigenvalue weighted by atomic mass is 16.6. The van der Waals surface area contributed by atoms with Gasteiger partial charge in [-0.05, 0) is 100 Å². The SMILES string of the molecule is CCCC1C23C(=O)OC(=CCCCC4CCCCC4)C2(CCC2=C3CCC3C(C)CC=CC23)C12OC(=O)c1c(CCCN)cccc12. The lowest BCUT2D eigenvalue weighted by Crippen LogP contribution is -2.77. The van der Waals surface area contributed by atoms with Crippen molar-refractivity contribution in [1.82, 2.24) is 0 Å². The zero-order valence-electron chi connectivity index (χ0n) is 28.8. The Bertz CT molecular complexity index is 1530. The van der Waals surface area contributed by atoms with E-state index in [2.05, 4.69) is 50.3 Å². The van der Waals surface area contributed by atoms with E-state index in [9.17, 15) is 9.59 Å². The smallest absolute Gasteiger partial charge is 0.339 e. The van der Waals surface area contributed by atoms with Crippen molar-refractivity contribution in [2.24, 2.45) is 46.2 Å². The zero-order chi connectivity index (χ0) is 32.4. The summed E-state index contributed by atoms with van der Waals surface area (Å²) >= 11 is 0. The number of hydrogen-bond donors (Lipinski definition) is 1. The van der Waals surface area contributed by atoms with E-state index in [1.54, 1.807) is 0 Å². The predicted octanol–water partition coefficient (Wildman–Crippen LogP) is 9.25. The van der Waals surface area contributed by atoms with Crippen LogP contribution in [0.5, 0.6) is 0 Å². The number of ether oxygens (including phenoxy) is 2. The molecule has 2 N–H and O–H groups in total. The van der Waals surface area contributed by atoms with Crippen LogP contribution in [0, 0.1) is 40.4 Å². The van der Waals surface area contributed by atoms with Crippen LogP contribution >= 0.6 is 0 Å². The van der Waals surface area contributed by atoms with Gasteiger partial charge >= 0.3 is 11.9 Å². The van der Waals surface area contributed by atoms with Gasteiger partial charge in [0.15, 0.2) is 5.60 Å². The molecule has 0 bridgehead atoms. The van der Waals surface area contributed by atoms with Gasteiger partial charge in [0.1, 0.15) is 11.2 Å². The second kappa shape index (κ2) is 12.0. The molecule has 1 aromatic carbocycles. The lowest BCUT2D eigenvalue weighted by atomic mass is 9.28. The van der Waals surface area contributed by atoms with Crippen LogP contribution in [0.25, 0.3) is 0 Å². The summed E-state index contributed by atoms with van der Waals surface area (Å²) < 4.78 is 13.6. The topological polar surface area (TPSA) is 78.6 Å². The molecule has 2 saturated carbocycles. The number of cyclic esters (lactones) is 1. The molecular formula is C42H55NO4. The summed E-state index contributed by atoms with van der Waals surface area (Å²) in [7, 11) is 0. The van der Waals surface area contributed by atoms with Crippen molar-refractivity contribution in [2.45, 2.75) is 129 Å². The van der Waals surface area contributed by atoms with Gasteiger partial charge in [-0.2, -0.15) is 0 Å². The number of hydrogen-bond acceptors (Lipinski definition) is 5. The van der Waals surface area contributed by atoms with Crippen LogP contribution in [0.2, 0.25) is 0 Å².